The lowest BCUT2D eigenvalue weighted by Crippen LogP contribution is -2.43. The molecule has 1 aromatic carbocycles. The van der Waals surface area contributed by atoms with Crippen molar-refractivity contribution in [3.05, 3.63) is 41.1 Å². The minimum atomic E-state index is -0.326. The molecule has 0 radical (unpaired) electrons. The second-order valence-electron chi connectivity index (χ2n) is 4.16. The van der Waals surface area contributed by atoms with Crippen molar-refractivity contribution in [1.82, 2.24) is 0 Å². The summed E-state index contributed by atoms with van der Waals surface area (Å²) in [7, 11) is 0. The summed E-state index contributed by atoms with van der Waals surface area (Å²) in [5.41, 5.74) is 0.651. The lowest BCUT2D eigenvalue weighted by Gasteiger charge is -2.37. The summed E-state index contributed by atoms with van der Waals surface area (Å²) in [5.74, 6) is -0.0347. The van der Waals surface area contributed by atoms with Crippen LogP contribution in [-0.2, 0) is 0 Å². The summed E-state index contributed by atoms with van der Waals surface area (Å²) >= 11 is 0. The number of likely N-dealkylation sites (tertiary alicyclic amines) is 1. The van der Waals surface area contributed by atoms with Gasteiger partial charge in [-0.2, -0.15) is 0 Å². The third-order valence-electron chi connectivity index (χ3n) is 2.91. The van der Waals surface area contributed by atoms with Crippen molar-refractivity contribution in [2.45, 2.75) is 12.8 Å². The van der Waals surface area contributed by atoms with E-state index in [4.69, 9.17) is 0 Å². The highest BCUT2D eigenvalue weighted by molar-refractivity contribution is 5.96. The van der Waals surface area contributed by atoms with Crippen molar-refractivity contribution in [2.75, 3.05) is 19.6 Å². The fourth-order valence-corrected chi connectivity index (χ4v) is 2.05. The van der Waals surface area contributed by atoms with Gasteiger partial charge in [-0.3, -0.25) is 4.79 Å². The van der Waals surface area contributed by atoms with E-state index in [9.17, 15) is 10.0 Å². The van der Waals surface area contributed by atoms with E-state index in [0.29, 0.717) is 18.7 Å². The number of hydrogen-bond acceptors (Lipinski definition) is 2. The van der Waals surface area contributed by atoms with Crippen molar-refractivity contribution in [3.8, 4) is 0 Å². The van der Waals surface area contributed by atoms with E-state index in [1.807, 2.05) is 18.2 Å². The van der Waals surface area contributed by atoms with Crippen LogP contribution >= 0.6 is 0 Å². The molecule has 3 nitrogen and oxygen atoms in total. The average molecular weight is 205 g/mol. The zero-order valence-corrected chi connectivity index (χ0v) is 8.69. The highest BCUT2D eigenvalue weighted by Gasteiger charge is 2.26. The molecule has 1 heterocycles. The Morgan fingerprint density at radius 2 is 1.80 bits per heavy atom. The second kappa shape index (κ2) is 4.13. The molecule has 0 bridgehead atoms. The van der Waals surface area contributed by atoms with Crippen molar-refractivity contribution in [1.29, 1.82) is 0 Å². The maximum atomic E-state index is 12.0. The Morgan fingerprint density at radius 1 is 1.20 bits per heavy atom. The molecule has 1 saturated heterocycles. The number of quaternary nitrogens is 1. The molecule has 0 amide bonds. The first-order valence-electron chi connectivity index (χ1n) is 5.35. The molecule has 0 saturated carbocycles. The molecule has 0 aliphatic carbocycles. The lowest BCUT2D eigenvalue weighted by atomic mass is 10.1. The molecule has 0 atom stereocenters. The lowest BCUT2D eigenvalue weighted by molar-refractivity contribution is -0.859. The molecule has 0 unspecified atom stereocenters. The Bertz CT molecular complexity index is 342. The Hall–Kier alpha value is -1.19. The summed E-state index contributed by atoms with van der Waals surface area (Å²) in [6.07, 6.45) is 1.90. The standard InChI is InChI=1S/C12H15NO2/c14-12(11-6-2-1-3-7-11)10-13(15)8-4-5-9-13/h1-3,6-7H,4-5,8-10H2. The molecular weight excluding hydrogens is 190 g/mol. The van der Waals surface area contributed by atoms with Gasteiger partial charge in [0.15, 0.2) is 0 Å². The molecule has 0 aromatic heterocycles. The number of hydrogen-bond donors (Lipinski definition) is 0. The van der Waals surface area contributed by atoms with Crippen LogP contribution in [0.2, 0.25) is 0 Å². The van der Waals surface area contributed by atoms with Gasteiger partial charge in [0, 0.05) is 18.4 Å². The molecule has 80 valence electrons. The smallest absolute Gasteiger partial charge is 0.217 e. The first-order chi connectivity index (χ1) is 7.20. The third kappa shape index (κ3) is 2.43. The van der Waals surface area contributed by atoms with Gasteiger partial charge in [0.25, 0.3) is 0 Å². The quantitative estimate of drug-likeness (QED) is 0.430. The number of carbonyl (C=O) groups excluding carboxylic acids is 1. The van der Waals surface area contributed by atoms with Crippen molar-refractivity contribution in [2.24, 2.45) is 0 Å². The number of hydroxylamine groups is 3. The predicted octanol–water partition coefficient (Wildman–Crippen LogP) is 1.98. The first kappa shape index (κ1) is 10.3. The zero-order valence-electron chi connectivity index (χ0n) is 8.69. The maximum Gasteiger partial charge on any atom is 0.217 e. The van der Waals surface area contributed by atoms with Crippen molar-refractivity contribution < 1.29 is 9.44 Å². The molecule has 1 aromatic rings. The van der Waals surface area contributed by atoms with E-state index < -0.39 is 0 Å². The molecule has 1 fully saturated rings. The highest BCUT2D eigenvalue weighted by Crippen LogP contribution is 2.18. The van der Waals surface area contributed by atoms with Gasteiger partial charge in [0.05, 0.1) is 13.1 Å². The van der Waals surface area contributed by atoms with Crippen LogP contribution in [0.15, 0.2) is 30.3 Å². The van der Waals surface area contributed by atoms with Crippen LogP contribution in [0, 0.1) is 5.21 Å². The summed E-state index contributed by atoms with van der Waals surface area (Å²) in [6, 6.07) is 9.06. The molecule has 15 heavy (non-hydrogen) atoms. The van der Waals surface area contributed by atoms with Gasteiger partial charge < -0.3 is 9.85 Å². The Morgan fingerprint density at radius 3 is 2.40 bits per heavy atom. The van der Waals surface area contributed by atoms with Crippen LogP contribution in [0.5, 0.6) is 0 Å². The minimum Gasteiger partial charge on any atom is -0.632 e. The summed E-state index contributed by atoms with van der Waals surface area (Å²) in [5, 5.41) is 12.0. The third-order valence-corrected chi connectivity index (χ3v) is 2.91. The fourth-order valence-electron chi connectivity index (χ4n) is 2.05. The number of benzene rings is 1. The largest absolute Gasteiger partial charge is 0.632 e. The molecule has 0 N–H and O–H groups in total. The van der Waals surface area contributed by atoms with Gasteiger partial charge >= 0.3 is 0 Å². The van der Waals surface area contributed by atoms with Gasteiger partial charge in [-0.05, 0) is 0 Å². The minimum absolute atomic E-state index is 0.0347. The SMILES string of the molecule is O=C(C[N+]1([O-])CCCC1)c1ccccc1. The monoisotopic (exact) mass is 205 g/mol. The van der Waals surface area contributed by atoms with E-state index >= 15 is 0 Å². The average Bonchev–Trinajstić information content (AvgIpc) is 2.66. The highest BCUT2D eigenvalue weighted by atomic mass is 16.5. The van der Waals surface area contributed by atoms with E-state index in [1.54, 1.807) is 12.1 Å². The molecule has 3 heteroatoms. The molecule has 2 rings (SSSR count). The van der Waals surface area contributed by atoms with Crippen LogP contribution in [0.25, 0.3) is 0 Å². The summed E-state index contributed by atoms with van der Waals surface area (Å²) in [4.78, 5) is 11.8. The van der Waals surface area contributed by atoms with Crippen molar-refractivity contribution in [3.63, 3.8) is 0 Å². The fraction of sp³-hybridized carbons (Fsp3) is 0.417. The summed E-state index contributed by atoms with van der Waals surface area (Å²) in [6.45, 7) is 1.29. The Kier molecular flexibility index (Phi) is 2.84. The van der Waals surface area contributed by atoms with Gasteiger partial charge in [-0.1, -0.05) is 30.3 Å². The number of carbonyl (C=O) groups is 1. The van der Waals surface area contributed by atoms with Crippen LogP contribution in [0.4, 0.5) is 0 Å². The van der Waals surface area contributed by atoms with Gasteiger partial charge in [-0.15, -0.1) is 0 Å². The van der Waals surface area contributed by atoms with Crippen LogP contribution in [0.1, 0.15) is 23.2 Å². The van der Waals surface area contributed by atoms with Crippen molar-refractivity contribution >= 4 is 5.78 Å². The number of nitrogens with zero attached hydrogens (tertiary/aromatic N) is 1. The van der Waals surface area contributed by atoms with Gasteiger partial charge in [0.2, 0.25) is 5.78 Å². The Balaban J connectivity index is 2.04. The Labute approximate surface area is 89.5 Å². The van der Waals surface area contributed by atoms with Crippen LogP contribution < -0.4 is 0 Å². The zero-order chi connectivity index (χ0) is 10.7. The van der Waals surface area contributed by atoms with E-state index in [0.717, 1.165) is 12.8 Å². The maximum absolute atomic E-state index is 12.0. The predicted molar refractivity (Wildman–Crippen MR) is 58.2 cm³/mol. The van der Waals surface area contributed by atoms with Crippen LogP contribution in [-0.4, -0.2) is 30.1 Å². The van der Waals surface area contributed by atoms with E-state index in [1.165, 1.54) is 0 Å². The molecular formula is C12H15NO2. The van der Waals surface area contributed by atoms with E-state index in [-0.39, 0.29) is 17.0 Å². The topological polar surface area (TPSA) is 40.1 Å². The number of Topliss-reactive ketones (excluding diaryl/α,β-unsaturated/α-hetero) is 1. The summed E-state index contributed by atoms with van der Waals surface area (Å²) < 4.78 is -0.326. The normalized spacial score (nSPS) is 19.0. The number of rotatable bonds is 3. The van der Waals surface area contributed by atoms with E-state index in [2.05, 4.69) is 0 Å². The molecule has 1 aliphatic heterocycles. The molecule has 0 spiro atoms. The van der Waals surface area contributed by atoms with Gasteiger partial charge in [0.1, 0.15) is 6.54 Å². The molecule has 1 aliphatic rings. The number of ketones is 1. The van der Waals surface area contributed by atoms with Gasteiger partial charge in [-0.25, -0.2) is 0 Å². The van der Waals surface area contributed by atoms with Crippen LogP contribution in [0.3, 0.4) is 0 Å². The second-order valence-corrected chi connectivity index (χ2v) is 4.16. The first-order valence-corrected chi connectivity index (χ1v) is 5.35.